The molecule has 0 saturated heterocycles. The summed E-state index contributed by atoms with van der Waals surface area (Å²) in [5.74, 6) is -1.49. The number of carbonyl (C=O) groups excluding carboxylic acids is 1. The Bertz CT molecular complexity index is 1060. The van der Waals surface area contributed by atoms with Crippen molar-refractivity contribution in [2.45, 2.75) is 25.1 Å². The Kier molecular flexibility index (Phi) is 8.41. The van der Waals surface area contributed by atoms with Crippen molar-refractivity contribution in [3.8, 4) is 0 Å². The van der Waals surface area contributed by atoms with Crippen molar-refractivity contribution in [2.24, 2.45) is 0 Å². The lowest BCUT2D eigenvalue weighted by atomic mass is 10.0. The Balaban J connectivity index is 0.000000222. The molecule has 0 aliphatic carbocycles. The molecule has 4 rings (SSSR count). The molecule has 2 aromatic carbocycles. The second kappa shape index (κ2) is 11.2. The first kappa shape index (κ1) is 23.9. The van der Waals surface area contributed by atoms with E-state index in [1.807, 2.05) is 24.3 Å². The van der Waals surface area contributed by atoms with Crippen molar-refractivity contribution < 1.29 is 24.5 Å². The van der Waals surface area contributed by atoms with E-state index in [9.17, 15) is 9.59 Å². The number of methoxy groups -OCH3 is 1. The average Bonchev–Trinajstić information content (AvgIpc) is 3.29. The van der Waals surface area contributed by atoms with E-state index in [2.05, 4.69) is 16.3 Å². The molecule has 0 bridgehead atoms. The van der Waals surface area contributed by atoms with Gasteiger partial charge in [0, 0.05) is 23.0 Å². The van der Waals surface area contributed by atoms with Gasteiger partial charge in [0.15, 0.2) is 6.10 Å². The highest BCUT2D eigenvalue weighted by atomic mass is 35.5. The molecule has 3 aromatic rings. The fraction of sp³-hybridized carbons (Fsp3) is 0.250. The van der Waals surface area contributed by atoms with Crippen LogP contribution in [0, 0.1) is 0 Å². The van der Waals surface area contributed by atoms with E-state index in [-0.39, 0.29) is 5.97 Å². The summed E-state index contributed by atoms with van der Waals surface area (Å²) in [4.78, 5) is 26.1. The number of fused-ring (bicyclic) bond motifs is 1. The first-order valence-electron chi connectivity index (χ1n) is 9.99. The Hall–Kier alpha value is -2.71. The first-order chi connectivity index (χ1) is 15.4. The van der Waals surface area contributed by atoms with Gasteiger partial charge in [0.2, 0.25) is 0 Å². The summed E-state index contributed by atoms with van der Waals surface area (Å²) < 4.78 is 5.01. The topological polar surface area (TPSA) is 87.1 Å². The smallest absolute Gasteiger partial charge is 0.337 e. The van der Waals surface area contributed by atoms with Crippen LogP contribution in [0.4, 0.5) is 0 Å². The van der Waals surface area contributed by atoms with Crippen LogP contribution in [0.1, 0.15) is 33.7 Å². The minimum Gasteiger partial charge on any atom is -0.479 e. The molecule has 1 aliphatic heterocycles. The van der Waals surface area contributed by atoms with Gasteiger partial charge in [-0.3, -0.25) is 4.90 Å². The van der Waals surface area contributed by atoms with Crippen LogP contribution in [0.3, 0.4) is 0 Å². The quantitative estimate of drug-likeness (QED) is 0.531. The van der Waals surface area contributed by atoms with E-state index in [1.165, 1.54) is 17.6 Å². The van der Waals surface area contributed by atoms with E-state index in [0.717, 1.165) is 25.1 Å². The van der Waals surface area contributed by atoms with Crippen molar-refractivity contribution in [3.05, 3.63) is 92.6 Å². The van der Waals surface area contributed by atoms with Gasteiger partial charge in [0.25, 0.3) is 0 Å². The Morgan fingerprint density at radius 1 is 1.09 bits per heavy atom. The Labute approximate surface area is 195 Å². The van der Waals surface area contributed by atoms with Gasteiger partial charge < -0.3 is 14.9 Å². The van der Waals surface area contributed by atoms with Gasteiger partial charge in [-0.05, 0) is 40.6 Å². The number of rotatable bonds is 5. The lowest BCUT2D eigenvalue weighted by molar-refractivity contribution is -0.148. The molecule has 8 heteroatoms. The van der Waals surface area contributed by atoms with Crippen molar-refractivity contribution >= 4 is 34.9 Å². The zero-order valence-electron chi connectivity index (χ0n) is 17.5. The van der Waals surface area contributed by atoms with Gasteiger partial charge in [0.05, 0.1) is 7.11 Å². The standard InChI is InChI=1S/C16H16ClNO2S.C8H8O3/c1-20-16(19)15(12-4-2-3-5-13(12)17)18-8-6-14-11(10-18)7-9-21-14;9-7(8(10)11)6-4-2-1-3-5-6/h2-5,7,9,15H,6,8,10H2,1H3;1-5,7,9H,(H,10,11)/t15-;/m0./s1. The summed E-state index contributed by atoms with van der Waals surface area (Å²) in [6, 6.07) is 17.4. The van der Waals surface area contributed by atoms with Crippen LogP contribution >= 0.6 is 22.9 Å². The van der Waals surface area contributed by atoms with Crippen LogP contribution in [-0.2, 0) is 27.3 Å². The molecular weight excluding hydrogens is 450 g/mol. The number of nitrogens with zero attached hydrogens (tertiary/aromatic N) is 1. The van der Waals surface area contributed by atoms with E-state index in [4.69, 9.17) is 26.6 Å². The highest BCUT2D eigenvalue weighted by Gasteiger charge is 2.32. The van der Waals surface area contributed by atoms with Gasteiger partial charge >= 0.3 is 11.9 Å². The number of hydrogen-bond acceptors (Lipinski definition) is 6. The van der Waals surface area contributed by atoms with Crippen molar-refractivity contribution in [2.75, 3.05) is 13.7 Å². The largest absolute Gasteiger partial charge is 0.479 e. The molecule has 0 amide bonds. The summed E-state index contributed by atoms with van der Waals surface area (Å²) in [6.45, 7) is 1.59. The molecular formula is C24H24ClNO5S. The highest BCUT2D eigenvalue weighted by Crippen LogP contribution is 2.33. The summed E-state index contributed by atoms with van der Waals surface area (Å²) in [6.07, 6.45) is -0.443. The normalized spacial score (nSPS) is 15.0. The molecule has 0 saturated carbocycles. The number of carbonyl (C=O) groups is 2. The van der Waals surface area contributed by atoms with Crippen molar-refractivity contribution in [1.29, 1.82) is 0 Å². The zero-order valence-corrected chi connectivity index (χ0v) is 19.1. The highest BCUT2D eigenvalue weighted by molar-refractivity contribution is 7.10. The average molecular weight is 474 g/mol. The number of halogens is 1. The number of aliphatic hydroxyl groups is 1. The van der Waals surface area contributed by atoms with Crippen LogP contribution < -0.4 is 0 Å². The van der Waals surface area contributed by atoms with Crippen LogP contribution in [0.5, 0.6) is 0 Å². The number of esters is 1. The molecule has 2 N–H and O–H groups in total. The fourth-order valence-electron chi connectivity index (χ4n) is 3.55. The molecule has 2 atom stereocenters. The van der Waals surface area contributed by atoms with Gasteiger partial charge in [0.1, 0.15) is 6.04 Å². The lowest BCUT2D eigenvalue weighted by Crippen LogP contribution is -2.38. The summed E-state index contributed by atoms with van der Waals surface area (Å²) >= 11 is 8.07. The number of carboxylic acids is 1. The van der Waals surface area contributed by atoms with E-state index in [0.29, 0.717) is 10.6 Å². The van der Waals surface area contributed by atoms with Crippen molar-refractivity contribution in [1.82, 2.24) is 4.90 Å². The van der Waals surface area contributed by atoms with E-state index >= 15 is 0 Å². The van der Waals surface area contributed by atoms with Gasteiger partial charge in [-0.2, -0.15) is 0 Å². The second-order valence-electron chi connectivity index (χ2n) is 7.19. The number of ether oxygens (including phenoxy) is 1. The molecule has 1 aromatic heterocycles. The van der Waals surface area contributed by atoms with E-state index < -0.39 is 18.1 Å². The number of carboxylic acid groups (broad SMARTS) is 1. The summed E-state index contributed by atoms with van der Waals surface area (Å²) in [5.41, 5.74) is 2.51. The number of aliphatic hydroxyl groups excluding tert-OH is 1. The minimum atomic E-state index is -1.41. The third kappa shape index (κ3) is 5.75. The van der Waals surface area contributed by atoms with Crippen LogP contribution in [0.2, 0.25) is 5.02 Å². The number of aliphatic carboxylic acids is 1. The minimum absolute atomic E-state index is 0.262. The lowest BCUT2D eigenvalue weighted by Gasteiger charge is -2.33. The Morgan fingerprint density at radius 3 is 2.44 bits per heavy atom. The molecule has 168 valence electrons. The fourth-order valence-corrected chi connectivity index (χ4v) is 4.68. The summed E-state index contributed by atoms with van der Waals surface area (Å²) in [7, 11) is 1.42. The third-order valence-corrected chi connectivity index (χ3v) is 6.54. The van der Waals surface area contributed by atoms with Crippen LogP contribution in [0.25, 0.3) is 0 Å². The van der Waals surface area contributed by atoms with E-state index in [1.54, 1.807) is 41.7 Å². The summed E-state index contributed by atoms with van der Waals surface area (Å²) in [5, 5.41) is 20.1. The first-order valence-corrected chi connectivity index (χ1v) is 11.3. The molecule has 1 aliphatic rings. The number of thiophene rings is 1. The molecule has 0 fully saturated rings. The van der Waals surface area contributed by atoms with Crippen LogP contribution in [0.15, 0.2) is 66.0 Å². The molecule has 0 spiro atoms. The van der Waals surface area contributed by atoms with Gasteiger partial charge in [-0.1, -0.05) is 60.1 Å². The maximum Gasteiger partial charge on any atom is 0.337 e. The Morgan fingerprint density at radius 2 is 1.78 bits per heavy atom. The molecule has 32 heavy (non-hydrogen) atoms. The maximum absolute atomic E-state index is 12.3. The monoisotopic (exact) mass is 473 g/mol. The molecule has 2 heterocycles. The molecule has 0 radical (unpaired) electrons. The third-order valence-electron chi connectivity index (χ3n) is 5.18. The van der Waals surface area contributed by atoms with Crippen LogP contribution in [-0.4, -0.2) is 40.7 Å². The number of hydrogen-bond donors (Lipinski definition) is 2. The second-order valence-corrected chi connectivity index (χ2v) is 8.60. The van der Waals surface area contributed by atoms with Gasteiger partial charge in [-0.25, -0.2) is 9.59 Å². The SMILES string of the molecule is COC(=O)[C@H](c1ccccc1Cl)N1CCc2sccc2C1.O=C(O)C(O)c1ccccc1. The zero-order chi connectivity index (χ0) is 23.1. The molecule has 1 unspecified atom stereocenters. The predicted octanol–water partition coefficient (Wildman–Crippen LogP) is 4.48. The van der Waals surface area contributed by atoms with Gasteiger partial charge in [-0.15, -0.1) is 11.3 Å². The number of benzene rings is 2. The molecule has 6 nitrogen and oxygen atoms in total. The predicted molar refractivity (Wildman–Crippen MR) is 124 cm³/mol. The van der Waals surface area contributed by atoms with Crippen molar-refractivity contribution in [3.63, 3.8) is 0 Å². The maximum atomic E-state index is 12.3.